The van der Waals surface area contributed by atoms with Crippen molar-refractivity contribution in [3.63, 3.8) is 0 Å². The predicted molar refractivity (Wildman–Crippen MR) is 113 cm³/mol. The minimum atomic E-state index is -0.321. The number of methoxy groups -OCH3 is 1. The predicted octanol–water partition coefficient (Wildman–Crippen LogP) is 2.55. The van der Waals surface area contributed by atoms with Crippen molar-refractivity contribution in [3.05, 3.63) is 41.6 Å². The lowest BCUT2D eigenvalue weighted by molar-refractivity contribution is -0.131. The number of hydrogen-bond donors (Lipinski definition) is 0. The van der Waals surface area contributed by atoms with Gasteiger partial charge in [-0.2, -0.15) is 4.98 Å². The van der Waals surface area contributed by atoms with Gasteiger partial charge in [0.15, 0.2) is 5.16 Å². The minimum absolute atomic E-state index is 0.0611. The zero-order valence-electron chi connectivity index (χ0n) is 17.5. The highest BCUT2D eigenvalue weighted by molar-refractivity contribution is 7.98. The summed E-state index contributed by atoms with van der Waals surface area (Å²) >= 11 is 1.46. The van der Waals surface area contributed by atoms with Crippen LogP contribution in [0.25, 0.3) is 0 Å². The molecule has 0 saturated carbocycles. The van der Waals surface area contributed by atoms with E-state index >= 15 is 0 Å². The zero-order chi connectivity index (χ0) is 21.3. The van der Waals surface area contributed by atoms with E-state index in [1.807, 2.05) is 24.5 Å². The van der Waals surface area contributed by atoms with E-state index in [4.69, 9.17) is 18.9 Å². The van der Waals surface area contributed by atoms with Crippen molar-refractivity contribution < 1.29 is 23.7 Å². The maximum Gasteiger partial charge on any atom is 0.308 e. The average molecular weight is 434 g/mol. The first-order valence-corrected chi connectivity index (χ1v) is 10.9. The summed E-state index contributed by atoms with van der Waals surface area (Å²) in [6.07, 6.45) is 1.86. The molecule has 0 spiro atoms. The second-order valence-electron chi connectivity index (χ2n) is 6.90. The molecular weight excluding hydrogens is 406 g/mol. The van der Waals surface area contributed by atoms with Crippen LogP contribution in [-0.4, -0.2) is 66.6 Å². The van der Waals surface area contributed by atoms with Gasteiger partial charge in [0.1, 0.15) is 18.5 Å². The number of nitrogens with zero attached hydrogens (tertiary/aromatic N) is 3. The number of morpholine rings is 1. The van der Waals surface area contributed by atoms with E-state index in [1.54, 1.807) is 19.2 Å². The number of hydrogen-bond acceptors (Lipinski definition) is 9. The van der Waals surface area contributed by atoms with E-state index in [1.165, 1.54) is 18.7 Å². The van der Waals surface area contributed by atoms with E-state index in [9.17, 15) is 4.79 Å². The van der Waals surface area contributed by atoms with Gasteiger partial charge in [-0.3, -0.25) is 9.69 Å². The van der Waals surface area contributed by atoms with Gasteiger partial charge in [0.05, 0.1) is 18.9 Å². The largest absolute Gasteiger partial charge is 0.475 e. The number of ether oxygens (including phenoxy) is 4. The quantitative estimate of drug-likeness (QED) is 0.256. The summed E-state index contributed by atoms with van der Waals surface area (Å²) in [5, 5.41) is 0.651. The van der Waals surface area contributed by atoms with Gasteiger partial charge in [-0.05, 0) is 24.0 Å². The van der Waals surface area contributed by atoms with Gasteiger partial charge in [0, 0.05) is 39.7 Å². The number of esters is 1. The normalized spacial score (nSPS) is 17.0. The van der Waals surface area contributed by atoms with Gasteiger partial charge >= 0.3 is 5.97 Å². The fourth-order valence-corrected chi connectivity index (χ4v) is 3.56. The SMILES string of the molecule is COCc1cc(OCC2CN(Cc3cccc(OC(C)=O)c3)CCO2)nc(SC)n1. The summed E-state index contributed by atoms with van der Waals surface area (Å²) < 4.78 is 22.1. The van der Waals surface area contributed by atoms with Crippen LogP contribution in [-0.2, 0) is 27.4 Å². The number of rotatable bonds is 9. The summed E-state index contributed by atoms with van der Waals surface area (Å²) in [6, 6.07) is 9.39. The third-order valence-corrected chi connectivity index (χ3v) is 4.96. The lowest BCUT2D eigenvalue weighted by atomic mass is 10.2. The van der Waals surface area contributed by atoms with E-state index in [0.29, 0.717) is 36.6 Å². The Balaban J connectivity index is 1.55. The summed E-state index contributed by atoms with van der Waals surface area (Å²) in [5.41, 5.74) is 1.87. The van der Waals surface area contributed by atoms with Crippen LogP contribution in [0.1, 0.15) is 18.2 Å². The molecule has 0 amide bonds. The van der Waals surface area contributed by atoms with Crippen LogP contribution in [0.3, 0.4) is 0 Å². The van der Waals surface area contributed by atoms with E-state index in [2.05, 4.69) is 14.9 Å². The molecule has 9 heteroatoms. The highest BCUT2D eigenvalue weighted by atomic mass is 32.2. The van der Waals surface area contributed by atoms with Crippen molar-refractivity contribution in [2.75, 3.05) is 39.7 Å². The molecule has 162 valence electrons. The van der Waals surface area contributed by atoms with Gasteiger partial charge in [0.25, 0.3) is 0 Å². The maximum atomic E-state index is 11.2. The number of aromatic nitrogens is 2. The van der Waals surface area contributed by atoms with E-state index in [0.717, 1.165) is 30.9 Å². The summed E-state index contributed by atoms with van der Waals surface area (Å²) in [7, 11) is 1.63. The Hall–Kier alpha value is -2.20. The third kappa shape index (κ3) is 6.94. The highest BCUT2D eigenvalue weighted by Crippen LogP contribution is 2.19. The van der Waals surface area contributed by atoms with Crippen LogP contribution in [0, 0.1) is 0 Å². The molecule has 1 unspecified atom stereocenters. The molecule has 1 atom stereocenters. The monoisotopic (exact) mass is 433 g/mol. The first kappa shape index (κ1) is 22.5. The summed E-state index contributed by atoms with van der Waals surface area (Å²) in [6.45, 7) is 5.16. The fourth-order valence-electron chi connectivity index (χ4n) is 3.17. The molecule has 1 aromatic carbocycles. The van der Waals surface area contributed by atoms with Gasteiger partial charge in [-0.15, -0.1) is 0 Å². The number of thioether (sulfide) groups is 1. The zero-order valence-corrected chi connectivity index (χ0v) is 18.3. The Morgan fingerprint density at radius 3 is 2.97 bits per heavy atom. The van der Waals surface area contributed by atoms with E-state index in [-0.39, 0.29) is 12.1 Å². The summed E-state index contributed by atoms with van der Waals surface area (Å²) in [5.74, 6) is 0.767. The Morgan fingerprint density at radius 2 is 2.20 bits per heavy atom. The molecule has 1 aliphatic rings. The fraction of sp³-hybridized carbons (Fsp3) is 0.476. The van der Waals surface area contributed by atoms with Gasteiger partial charge in [-0.1, -0.05) is 23.9 Å². The van der Waals surface area contributed by atoms with Crippen LogP contribution in [0.5, 0.6) is 11.6 Å². The molecule has 3 rings (SSSR count). The molecule has 1 aliphatic heterocycles. The average Bonchev–Trinajstić information content (AvgIpc) is 2.72. The molecule has 8 nitrogen and oxygen atoms in total. The van der Waals surface area contributed by atoms with Crippen molar-refractivity contribution in [2.45, 2.75) is 31.3 Å². The summed E-state index contributed by atoms with van der Waals surface area (Å²) in [4.78, 5) is 22.3. The number of carbonyl (C=O) groups excluding carboxylic acids is 1. The van der Waals surface area contributed by atoms with Crippen LogP contribution in [0.4, 0.5) is 0 Å². The Bertz CT molecular complexity index is 851. The molecule has 0 radical (unpaired) electrons. The third-order valence-electron chi connectivity index (χ3n) is 4.42. The van der Waals surface area contributed by atoms with Crippen molar-refractivity contribution in [1.82, 2.24) is 14.9 Å². The number of benzene rings is 1. The molecule has 2 aromatic rings. The minimum Gasteiger partial charge on any atom is -0.475 e. The lowest BCUT2D eigenvalue weighted by Gasteiger charge is -2.32. The van der Waals surface area contributed by atoms with Crippen molar-refractivity contribution in [2.24, 2.45) is 0 Å². The topological polar surface area (TPSA) is 83.0 Å². The Labute approximate surface area is 180 Å². The molecule has 1 aromatic heterocycles. The van der Waals surface area contributed by atoms with Crippen LogP contribution < -0.4 is 9.47 Å². The van der Waals surface area contributed by atoms with Crippen molar-refractivity contribution in [3.8, 4) is 11.6 Å². The molecular formula is C21H27N3O5S. The number of carbonyl (C=O) groups is 1. The molecule has 0 N–H and O–H groups in total. The van der Waals surface area contributed by atoms with Crippen LogP contribution >= 0.6 is 11.8 Å². The molecule has 0 bridgehead atoms. The molecule has 2 heterocycles. The smallest absolute Gasteiger partial charge is 0.308 e. The molecule has 0 aliphatic carbocycles. The van der Waals surface area contributed by atoms with Gasteiger partial charge in [-0.25, -0.2) is 4.98 Å². The van der Waals surface area contributed by atoms with Crippen molar-refractivity contribution >= 4 is 17.7 Å². The first-order valence-electron chi connectivity index (χ1n) is 9.70. The highest BCUT2D eigenvalue weighted by Gasteiger charge is 2.22. The molecule has 30 heavy (non-hydrogen) atoms. The standard InChI is InChI=1S/C21H27N3O5S/c1-15(25)29-18-6-4-5-16(9-18)11-24-7-8-27-19(12-24)14-28-20-10-17(13-26-2)22-21(23-20)30-3/h4-6,9-10,19H,7-8,11-14H2,1-3H3. The van der Waals surface area contributed by atoms with E-state index < -0.39 is 0 Å². The first-order chi connectivity index (χ1) is 14.6. The van der Waals surface area contributed by atoms with Crippen molar-refractivity contribution in [1.29, 1.82) is 0 Å². The lowest BCUT2D eigenvalue weighted by Crippen LogP contribution is -2.44. The van der Waals surface area contributed by atoms with Gasteiger partial charge in [0.2, 0.25) is 5.88 Å². The maximum absolute atomic E-state index is 11.2. The second-order valence-corrected chi connectivity index (χ2v) is 7.67. The second kappa shape index (κ2) is 11.3. The molecule has 1 fully saturated rings. The Morgan fingerprint density at radius 1 is 1.33 bits per heavy atom. The van der Waals surface area contributed by atoms with Gasteiger partial charge < -0.3 is 18.9 Å². The van der Waals surface area contributed by atoms with Crippen LogP contribution in [0.2, 0.25) is 0 Å². The molecule has 1 saturated heterocycles. The van der Waals surface area contributed by atoms with Crippen LogP contribution in [0.15, 0.2) is 35.5 Å². The Kier molecular flexibility index (Phi) is 8.44.